The maximum Gasteiger partial charge on any atom is 0.222 e. The molecule has 6 nitrogen and oxygen atoms in total. The summed E-state index contributed by atoms with van der Waals surface area (Å²) < 4.78 is 27.2. The number of hydrogen-bond donors (Lipinski definition) is 1. The molecule has 0 aliphatic rings. The van der Waals surface area contributed by atoms with Crippen molar-refractivity contribution in [3.05, 3.63) is 102 Å². The first-order chi connectivity index (χ1) is 17.9. The van der Waals surface area contributed by atoms with Gasteiger partial charge in [-0.15, -0.1) is 0 Å². The number of benzene rings is 3. The Morgan fingerprint density at radius 2 is 1.59 bits per heavy atom. The molecule has 0 aliphatic heterocycles. The van der Waals surface area contributed by atoms with Crippen LogP contribution in [0, 0.1) is 5.82 Å². The van der Waals surface area contributed by atoms with Crippen LogP contribution in [0.3, 0.4) is 0 Å². The van der Waals surface area contributed by atoms with Gasteiger partial charge < -0.3 is 14.6 Å². The number of aliphatic hydroxyl groups is 1. The number of hydrogen-bond acceptors (Lipinski definition) is 5. The number of nitrogens with zero attached hydrogens (tertiary/aromatic N) is 3. The molecule has 1 aromatic heterocycles. The summed E-state index contributed by atoms with van der Waals surface area (Å²) in [6.45, 7) is 5.80. The minimum Gasteiger partial charge on any atom is -0.439 e. The lowest BCUT2D eigenvalue weighted by Gasteiger charge is -2.29. The van der Waals surface area contributed by atoms with Crippen molar-refractivity contribution in [1.82, 2.24) is 14.7 Å². The van der Waals surface area contributed by atoms with Gasteiger partial charge in [0.1, 0.15) is 17.3 Å². The van der Waals surface area contributed by atoms with Crippen LogP contribution >= 0.6 is 0 Å². The van der Waals surface area contributed by atoms with Gasteiger partial charge in [-0.05, 0) is 43.7 Å². The van der Waals surface area contributed by atoms with E-state index in [2.05, 4.69) is 18.7 Å². The molecule has 0 saturated heterocycles. The third-order valence-corrected chi connectivity index (χ3v) is 6.12. The predicted octanol–water partition coefficient (Wildman–Crippen LogP) is 5.81. The van der Waals surface area contributed by atoms with Crippen LogP contribution in [-0.2, 0) is 24.9 Å². The second-order valence-corrected chi connectivity index (χ2v) is 9.36. The van der Waals surface area contributed by atoms with E-state index in [-0.39, 0.29) is 18.5 Å². The van der Waals surface area contributed by atoms with Gasteiger partial charge in [-0.1, -0.05) is 60.7 Å². The van der Waals surface area contributed by atoms with Crippen molar-refractivity contribution in [3.63, 3.8) is 0 Å². The number of halogens is 1. The maximum absolute atomic E-state index is 13.5. The minimum absolute atomic E-state index is 0.145. The quantitative estimate of drug-likeness (QED) is 0.265. The second kappa shape index (κ2) is 12.6. The predicted molar refractivity (Wildman–Crippen MR) is 143 cm³/mol. The van der Waals surface area contributed by atoms with E-state index < -0.39 is 6.10 Å². The molecule has 0 fully saturated rings. The highest BCUT2D eigenvalue weighted by molar-refractivity contribution is 5.65. The van der Waals surface area contributed by atoms with Gasteiger partial charge >= 0.3 is 0 Å². The first-order valence-electron chi connectivity index (χ1n) is 12.5. The average molecular weight is 504 g/mol. The van der Waals surface area contributed by atoms with Gasteiger partial charge in [0, 0.05) is 31.7 Å². The largest absolute Gasteiger partial charge is 0.439 e. The van der Waals surface area contributed by atoms with Gasteiger partial charge in [0.2, 0.25) is 5.88 Å². The Labute approximate surface area is 217 Å². The van der Waals surface area contributed by atoms with E-state index in [4.69, 9.17) is 14.6 Å². The number of ether oxygens (including phenoxy) is 2. The highest BCUT2D eigenvalue weighted by Gasteiger charge is 2.24. The van der Waals surface area contributed by atoms with Crippen molar-refractivity contribution in [2.24, 2.45) is 7.05 Å². The number of rotatable bonds is 12. The number of aryl methyl sites for hydroxylation is 1. The van der Waals surface area contributed by atoms with Crippen molar-refractivity contribution in [1.29, 1.82) is 0 Å². The van der Waals surface area contributed by atoms with E-state index in [1.807, 2.05) is 67.7 Å². The Balaban J connectivity index is 1.54. The molecule has 4 rings (SSSR count). The van der Waals surface area contributed by atoms with Crippen molar-refractivity contribution in [2.75, 3.05) is 13.2 Å². The van der Waals surface area contributed by atoms with Crippen LogP contribution in [0.4, 0.5) is 4.39 Å². The van der Waals surface area contributed by atoms with Crippen molar-refractivity contribution in [2.45, 2.75) is 39.1 Å². The molecule has 0 spiro atoms. The van der Waals surface area contributed by atoms with E-state index in [0.29, 0.717) is 31.3 Å². The van der Waals surface area contributed by atoms with Crippen LogP contribution in [0.1, 0.15) is 25.0 Å². The molecule has 1 heterocycles. The Morgan fingerprint density at radius 3 is 2.24 bits per heavy atom. The van der Waals surface area contributed by atoms with Crippen molar-refractivity contribution < 1.29 is 19.0 Å². The third-order valence-electron chi connectivity index (χ3n) is 6.12. The van der Waals surface area contributed by atoms with Gasteiger partial charge in [0.25, 0.3) is 0 Å². The zero-order chi connectivity index (χ0) is 26.2. The van der Waals surface area contributed by atoms with Crippen LogP contribution in [-0.4, -0.2) is 45.1 Å². The highest BCUT2D eigenvalue weighted by Crippen LogP contribution is 2.34. The van der Waals surface area contributed by atoms with E-state index in [9.17, 15) is 9.50 Å². The van der Waals surface area contributed by atoms with E-state index >= 15 is 0 Å². The number of aliphatic hydroxyl groups excluding tert-OH is 1. The molecule has 0 aliphatic carbocycles. The first-order valence-corrected chi connectivity index (χ1v) is 12.5. The molecule has 4 aromatic rings. The molecule has 0 saturated carbocycles. The third kappa shape index (κ3) is 7.26. The monoisotopic (exact) mass is 503 g/mol. The SMILES string of the molecule is CC(C)N(Cc1c(-c2ccccc2)nn(C)c1Oc1ccc(F)cc1)CC(O)COCc1ccccc1. The fraction of sp³-hybridized carbons (Fsp3) is 0.300. The van der Waals surface area contributed by atoms with Crippen LogP contribution < -0.4 is 4.74 Å². The molecule has 7 heteroatoms. The van der Waals surface area contributed by atoms with E-state index in [0.717, 1.165) is 22.4 Å². The molecular formula is C30H34FN3O3. The summed E-state index contributed by atoms with van der Waals surface area (Å²) in [4.78, 5) is 2.18. The summed E-state index contributed by atoms with van der Waals surface area (Å²) in [5.41, 5.74) is 3.74. The van der Waals surface area contributed by atoms with E-state index in [1.165, 1.54) is 12.1 Å². The van der Waals surface area contributed by atoms with Crippen LogP contribution in [0.25, 0.3) is 11.3 Å². The van der Waals surface area contributed by atoms with Crippen molar-refractivity contribution >= 4 is 0 Å². The molecule has 3 aromatic carbocycles. The van der Waals surface area contributed by atoms with Crippen LogP contribution in [0.15, 0.2) is 84.9 Å². The first kappa shape index (κ1) is 26.5. The highest BCUT2D eigenvalue weighted by atomic mass is 19.1. The zero-order valence-corrected chi connectivity index (χ0v) is 21.5. The Morgan fingerprint density at radius 1 is 0.946 bits per heavy atom. The zero-order valence-electron chi connectivity index (χ0n) is 21.5. The van der Waals surface area contributed by atoms with Gasteiger partial charge in [-0.25, -0.2) is 9.07 Å². The Kier molecular flexibility index (Phi) is 9.06. The Bertz CT molecular complexity index is 1240. The summed E-state index contributed by atoms with van der Waals surface area (Å²) >= 11 is 0. The smallest absolute Gasteiger partial charge is 0.222 e. The fourth-order valence-corrected chi connectivity index (χ4v) is 4.14. The summed E-state index contributed by atoms with van der Waals surface area (Å²) in [5, 5.41) is 15.6. The van der Waals surface area contributed by atoms with Gasteiger partial charge in [-0.3, -0.25) is 4.90 Å². The molecule has 0 radical (unpaired) electrons. The average Bonchev–Trinajstić information content (AvgIpc) is 3.20. The molecule has 194 valence electrons. The van der Waals surface area contributed by atoms with Crippen molar-refractivity contribution in [3.8, 4) is 22.9 Å². The molecular weight excluding hydrogens is 469 g/mol. The molecule has 1 atom stereocenters. The summed E-state index contributed by atoms with van der Waals surface area (Å²) in [7, 11) is 1.83. The topological polar surface area (TPSA) is 59.8 Å². The number of aromatic nitrogens is 2. The summed E-state index contributed by atoms with van der Waals surface area (Å²) in [5.74, 6) is 0.777. The van der Waals surface area contributed by atoms with Gasteiger partial charge in [0.05, 0.1) is 24.9 Å². The lowest BCUT2D eigenvalue weighted by Crippen LogP contribution is -2.39. The van der Waals surface area contributed by atoms with Crippen LogP contribution in [0.2, 0.25) is 0 Å². The van der Waals surface area contributed by atoms with E-state index in [1.54, 1.807) is 16.8 Å². The maximum atomic E-state index is 13.5. The molecule has 37 heavy (non-hydrogen) atoms. The normalized spacial score (nSPS) is 12.3. The Hall–Kier alpha value is -3.52. The standard InChI is InChI=1S/C30H34FN3O3/c1-22(2)34(18-26(35)21-36-20-23-10-6-4-7-11-23)19-28-29(24-12-8-5-9-13-24)32-33(3)30(28)37-27-16-14-25(31)15-17-27/h4-17,22,26,35H,18-21H2,1-3H3. The fourth-order valence-electron chi connectivity index (χ4n) is 4.14. The van der Waals surface area contributed by atoms with Gasteiger partial charge in [0.15, 0.2) is 0 Å². The van der Waals surface area contributed by atoms with Gasteiger partial charge in [-0.2, -0.15) is 5.10 Å². The lowest BCUT2D eigenvalue weighted by atomic mass is 10.1. The summed E-state index contributed by atoms with van der Waals surface area (Å²) in [6, 6.07) is 25.9. The molecule has 1 N–H and O–H groups in total. The lowest BCUT2D eigenvalue weighted by molar-refractivity contribution is 0.00306. The second-order valence-electron chi connectivity index (χ2n) is 9.36. The molecule has 1 unspecified atom stereocenters. The summed E-state index contributed by atoms with van der Waals surface area (Å²) in [6.07, 6.45) is -0.663. The molecule has 0 bridgehead atoms. The minimum atomic E-state index is -0.663. The van der Waals surface area contributed by atoms with Crippen LogP contribution in [0.5, 0.6) is 11.6 Å². The molecule has 0 amide bonds.